The molecular weight excluding hydrogens is 534 g/mol. The van der Waals surface area contributed by atoms with Crippen LogP contribution in [0.25, 0.3) is 10.9 Å². The van der Waals surface area contributed by atoms with E-state index in [1.54, 1.807) is 0 Å². The van der Waals surface area contributed by atoms with Crippen LogP contribution in [0.1, 0.15) is 77.5 Å². The molecule has 1 aliphatic heterocycles. The van der Waals surface area contributed by atoms with Gasteiger partial charge in [-0.3, -0.25) is 14.6 Å². The van der Waals surface area contributed by atoms with Gasteiger partial charge in [0, 0.05) is 37.3 Å². The SMILES string of the molecule is Cc1cc2cc([C@H](c3nnnn3C3CCCC3)N3CCN(C(c4ccccc4)c4ccccc4)CC3)c(=O)[nH]c2cc1C. The number of rotatable bonds is 7. The Balaban J connectivity index is 1.26. The molecule has 0 spiro atoms. The summed E-state index contributed by atoms with van der Waals surface area (Å²) in [4.78, 5) is 22.0. The van der Waals surface area contributed by atoms with Gasteiger partial charge in [-0.1, -0.05) is 73.5 Å². The molecule has 2 aliphatic rings. The quantitative estimate of drug-likeness (QED) is 0.267. The highest BCUT2D eigenvalue weighted by Crippen LogP contribution is 2.36. The zero-order valence-corrected chi connectivity index (χ0v) is 25.0. The fraction of sp³-hybridized carbons (Fsp3) is 0.371. The number of hydrogen-bond acceptors (Lipinski definition) is 6. The maximum Gasteiger partial charge on any atom is 0.253 e. The number of benzene rings is 3. The first-order valence-electron chi connectivity index (χ1n) is 15.6. The molecule has 1 N–H and O–H groups in total. The molecule has 2 aromatic heterocycles. The highest BCUT2D eigenvalue weighted by molar-refractivity contribution is 5.81. The Bertz CT molecular complexity index is 1710. The van der Waals surface area contributed by atoms with Gasteiger partial charge in [0.05, 0.1) is 12.1 Å². The molecule has 3 aromatic carbocycles. The highest BCUT2D eigenvalue weighted by Gasteiger charge is 2.36. The van der Waals surface area contributed by atoms with E-state index in [-0.39, 0.29) is 23.7 Å². The van der Waals surface area contributed by atoms with Crippen molar-refractivity contribution < 1.29 is 0 Å². The van der Waals surface area contributed by atoms with E-state index in [1.807, 2.05) is 4.68 Å². The molecule has 1 saturated carbocycles. The van der Waals surface area contributed by atoms with Crippen molar-refractivity contribution in [1.29, 1.82) is 0 Å². The Morgan fingerprint density at radius 3 is 1.98 bits per heavy atom. The summed E-state index contributed by atoms with van der Waals surface area (Å²) in [5, 5.41) is 14.3. The second kappa shape index (κ2) is 11.9. The van der Waals surface area contributed by atoms with E-state index in [1.165, 1.54) is 35.1 Å². The molecule has 8 nitrogen and oxygen atoms in total. The molecule has 0 radical (unpaired) electrons. The zero-order chi connectivity index (χ0) is 29.3. The van der Waals surface area contributed by atoms with Crippen molar-refractivity contribution in [3.8, 4) is 0 Å². The number of aryl methyl sites for hydroxylation is 2. The summed E-state index contributed by atoms with van der Waals surface area (Å²) in [6, 6.07) is 27.9. The Kier molecular flexibility index (Phi) is 7.63. The number of fused-ring (bicyclic) bond motifs is 1. The number of tetrazole rings is 1. The summed E-state index contributed by atoms with van der Waals surface area (Å²) >= 11 is 0. The molecule has 8 heteroatoms. The topological polar surface area (TPSA) is 82.9 Å². The zero-order valence-electron chi connectivity index (χ0n) is 25.0. The third-order valence-electron chi connectivity index (χ3n) is 9.53. The predicted molar refractivity (Wildman–Crippen MR) is 169 cm³/mol. The molecule has 1 saturated heterocycles. The van der Waals surface area contributed by atoms with Crippen molar-refractivity contribution in [3.63, 3.8) is 0 Å². The minimum absolute atomic E-state index is 0.0735. The Morgan fingerprint density at radius 2 is 1.35 bits per heavy atom. The molecular formula is C35H39N7O. The van der Waals surface area contributed by atoms with Gasteiger partial charge in [-0.2, -0.15) is 0 Å². The lowest BCUT2D eigenvalue weighted by Gasteiger charge is -2.42. The van der Waals surface area contributed by atoms with Gasteiger partial charge >= 0.3 is 0 Å². The fourth-order valence-corrected chi connectivity index (χ4v) is 7.12. The van der Waals surface area contributed by atoms with Crippen molar-refractivity contribution in [1.82, 2.24) is 35.0 Å². The van der Waals surface area contributed by atoms with Crippen molar-refractivity contribution >= 4 is 10.9 Å². The maximum absolute atomic E-state index is 13.8. The summed E-state index contributed by atoms with van der Waals surface area (Å²) in [6.45, 7) is 7.51. The van der Waals surface area contributed by atoms with Crippen molar-refractivity contribution in [3.05, 3.63) is 123 Å². The van der Waals surface area contributed by atoms with E-state index in [9.17, 15) is 4.79 Å². The van der Waals surface area contributed by atoms with Crippen LogP contribution in [0, 0.1) is 13.8 Å². The van der Waals surface area contributed by atoms with Crippen LogP contribution >= 0.6 is 0 Å². The molecule has 1 aliphatic carbocycles. The van der Waals surface area contributed by atoms with Crippen LogP contribution in [-0.4, -0.2) is 61.2 Å². The fourth-order valence-electron chi connectivity index (χ4n) is 7.12. The number of aromatic amines is 1. The van der Waals surface area contributed by atoms with E-state index in [2.05, 4.69) is 123 Å². The van der Waals surface area contributed by atoms with Crippen molar-refractivity contribution in [2.75, 3.05) is 26.2 Å². The molecule has 0 bridgehead atoms. The first kappa shape index (κ1) is 27.7. The molecule has 3 heterocycles. The summed E-state index contributed by atoms with van der Waals surface area (Å²) < 4.78 is 2.02. The maximum atomic E-state index is 13.8. The van der Waals surface area contributed by atoms with Gasteiger partial charge in [0.1, 0.15) is 6.04 Å². The van der Waals surface area contributed by atoms with Gasteiger partial charge in [0.15, 0.2) is 5.82 Å². The lowest BCUT2D eigenvalue weighted by molar-refractivity contribution is 0.0850. The Labute approximate surface area is 252 Å². The monoisotopic (exact) mass is 573 g/mol. The minimum atomic E-state index is -0.334. The van der Waals surface area contributed by atoms with E-state index in [0.29, 0.717) is 5.56 Å². The standard InChI is InChI=1S/C35H39N7O/c1-24-21-28-23-30(35(43)36-31(28)22-25(24)2)33(34-37-38-39-42(34)29-15-9-10-16-29)41-19-17-40(18-20-41)32(26-11-5-3-6-12-26)27-13-7-4-8-14-27/h3-8,11-14,21-23,29,32-33H,9-10,15-20H2,1-2H3,(H,36,43)/t33-/m1/s1. The van der Waals surface area contributed by atoms with E-state index < -0.39 is 0 Å². The first-order valence-corrected chi connectivity index (χ1v) is 15.6. The average molecular weight is 574 g/mol. The van der Waals surface area contributed by atoms with E-state index >= 15 is 0 Å². The lowest BCUT2D eigenvalue weighted by atomic mass is 9.95. The number of pyridine rings is 1. The molecule has 1 atom stereocenters. The lowest BCUT2D eigenvalue weighted by Crippen LogP contribution is -2.50. The summed E-state index contributed by atoms with van der Waals surface area (Å²) in [5.41, 5.74) is 6.46. The average Bonchev–Trinajstić information content (AvgIpc) is 3.74. The second-order valence-corrected chi connectivity index (χ2v) is 12.2. The third-order valence-corrected chi connectivity index (χ3v) is 9.53. The number of nitrogens with one attached hydrogen (secondary N) is 1. The van der Waals surface area contributed by atoms with Gasteiger partial charge < -0.3 is 4.98 Å². The first-order chi connectivity index (χ1) is 21.1. The van der Waals surface area contributed by atoms with Gasteiger partial charge in [-0.05, 0) is 83.0 Å². The van der Waals surface area contributed by atoms with Crippen LogP contribution in [0.3, 0.4) is 0 Å². The minimum Gasteiger partial charge on any atom is -0.322 e. The van der Waals surface area contributed by atoms with Crippen LogP contribution < -0.4 is 5.56 Å². The Morgan fingerprint density at radius 1 is 0.767 bits per heavy atom. The van der Waals surface area contributed by atoms with Crippen LogP contribution in [0.15, 0.2) is 83.7 Å². The number of H-pyrrole nitrogens is 1. The second-order valence-electron chi connectivity index (χ2n) is 12.2. The molecule has 0 unspecified atom stereocenters. The summed E-state index contributed by atoms with van der Waals surface area (Å²) in [7, 11) is 0. The molecule has 7 rings (SSSR count). The number of nitrogens with zero attached hydrogens (tertiary/aromatic N) is 6. The van der Waals surface area contributed by atoms with Gasteiger partial charge in [-0.25, -0.2) is 4.68 Å². The summed E-state index contributed by atoms with van der Waals surface area (Å²) in [5.74, 6) is 0.775. The van der Waals surface area contributed by atoms with Gasteiger partial charge in [0.25, 0.3) is 5.56 Å². The third kappa shape index (κ3) is 5.41. The summed E-state index contributed by atoms with van der Waals surface area (Å²) in [6.07, 6.45) is 4.51. The van der Waals surface area contributed by atoms with E-state index in [4.69, 9.17) is 0 Å². The largest absolute Gasteiger partial charge is 0.322 e. The Hall–Kier alpha value is -4.14. The van der Waals surface area contributed by atoms with E-state index in [0.717, 1.165) is 55.7 Å². The number of piperazine rings is 1. The molecule has 43 heavy (non-hydrogen) atoms. The molecule has 0 amide bonds. The van der Waals surface area contributed by atoms with Gasteiger partial charge in [-0.15, -0.1) is 5.10 Å². The van der Waals surface area contributed by atoms with Crippen molar-refractivity contribution in [2.45, 2.75) is 57.7 Å². The normalized spacial score (nSPS) is 17.7. The molecule has 220 valence electrons. The van der Waals surface area contributed by atoms with Crippen LogP contribution in [-0.2, 0) is 0 Å². The van der Waals surface area contributed by atoms with Crippen LogP contribution in [0.2, 0.25) is 0 Å². The smallest absolute Gasteiger partial charge is 0.253 e. The van der Waals surface area contributed by atoms with Gasteiger partial charge in [0.2, 0.25) is 0 Å². The van der Waals surface area contributed by atoms with Crippen molar-refractivity contribution in [2.24, 2.45) is 0 Å². The number of hydrogen-bond donors (Lipinski definition) is 1. The molecule has 5 aromatic rings. The predicted octanol–water partition coefficient (Wildman–Crippen LogP) is 5.74. The van der Waals surface area contributed by atoms with Crippen LogP contribution in [0.5, 0.6) is 0 Å². The molecule has 2 fully saturated rings. The van der Waals surface area contributed by atoms with Crippen LogP contribution in [0.4, 0.5) is 0 Å². The number of aromatic nitrogens is 5. The highest BCUT2D eigenvalue weighted by atomic mass is 16.1.